The molecule has 3 N–H and O–H groups in total. The zero-order chi connectivity index (χ0) is 19.8. The van der Waals surface area contributed by atoms with E-state index in [2.05, 4.69) is 10.3 Å². The second-order valence-electron chi connectivity index (χ2n) is 6.25. The van der Waals surface area contributed by atoms with Crippen LogP contribution in [0.1, 0.15) is 16.1 Å². The number of benzene rings is 2. The Morgan fingerprint density at radius 2 is 1.78 bits per heavy atom. The number of carbonyl (C=O) groups excluding carboxylic acids is 1. The van der Waals surface area contributed by atoms with E-state index >= 15 is 0 Å². The summed E-state index contributed by atoms with van der Waals surface area (Å²) in [6.07, 6.45) is 0. The first kappa shape index (κ1) is 20.4. The highest BCUT2D eigenvalue weighted by atomic mass is 32.1. The molecule has 0 fully saturated rings. The number of aromatic nitrogens is 1. The smallest absolute Gasteiger partial charge is 0.259 e. The molecular formula is C20H24N4O2S. The Kier molecular flexibility index (Phi) is 7.34. The lowest BCUT2D eigenvalue weighted by atomic mass is 10.1. The second-order valence-corrected chi connectivity index (χ2v) is 7.11. The van der Waals surface area contributed by atoms with Crippen molar-refractivity contribution >= 4 is 28.1 Å². The highest BCUT2D eigenvalue weighted by molar-refractivity contribution is 7.13. The lowest BCUT2D eigenvalue weighted by Crippen LogP contribution is -2.14. The normalized spacial score (nSPS) is 10.1. The summed E-state index contributed by atoms with van der Waals surface area (Å²) in [7, 11) is 6.00. The van der Waals surface area contributed by atoms with Gasteiger partial charge in [0.1, 0.15) is 11.5 Å². The maximum atomic E-state index is 12.4. The minimum atomic E-state index is -0.310. The molecule has 0 spiro atoms. The third-order valence-electron chi connectivity index (χ3n) is 3.09. The number of amides is 1. The van der Waals surface area contributed by atoms with Crippen LogP contribution >= 0.6 is 11.3 Å². The van der Waals surface area contributed by atoms with Gasteiger partial charge in [-0.15, -0.1) is 11.3 Å². The molecule has 6 nitrogen and oxygen atoms in total. The predicted molar refractivity (Wildman–Crippen MR) is 112 cm³/mol. The van der Waals surface area contributed by atoms with Gasteiger partial charge in [-0.25, -0.2) is 4.98 Å². The van der Waals surface area contributed by atoms with Crippen molar-refractivity contribution in [1.29, 1.82) is 0 Å². The van der Waals surface area contributed by atoms with Gasteiger partial charge in [0.2, 0.25) is 0 Å². The van der Waals surface area contributed by atoms with Gasteiger partial charge in [-0.2, -0.15) is 0 Å². The van der Waals surface area contributed by atoms with E-state index in [0.717, 1.165) is 5.69 Å². The number of nitrogens with one attached hydrogen (secondary N) is 1. The van der Waals surface area contributed by atoms with Crippen LogP contribution in [0.15, 0.2) is 53.9 Å². The molecule has 0 aliphatic carbocycles. The number of ether oxygens (including phenoxy) is 1. The number of rotatable bonds is 4. The number of thiazole rings is 1. The van der Waals surface area contributed by atoms with E-state index in [9.17, 15) is 4.79 Å². The first-order chi connectivity index (χ1) is 12.8. The highest BCUT2D eigenvalue weighted by Gasteiger charge is 2.13. The van der Waals surface area contributed by atoms with Crippen LogP contribution in [-0.4, -0.2) is 36.9 Å². The lowest BCUT2D eigenvalue weighted by molar-refractivity contribution is 0.102. The Balaban J connectivity index is 0.000000596. The summed E-state index contributed by atoms with van der Waals surface area (Å²) in [5.41, 5.74) is 7.51. The van der Waals surface area contributed by atoms with Gasteiger partial charge in [0, 0.05) is 11.1 Å². The molecule has 1 amide bonds. The average molecular weight is 385 g/mol. The van der Waals surface area contributed by atoms with Gasteiger partial charge in [0.15, 0.2) is 5.13 Å². The van der Waals surface area contributed by atoms with Crippen molar-refractivity contribution in [3.05, 3.63) is 65.2 Å². The van der Waals surface area contributed by atoms with Crippen molar-refractivity contribution in [3.63, 3.8) is 0 Å². The monoisotopic (exact) mass is 384 g/mol. The predicted octanol–water partition coefficient (Wildman–Crippen LogP) is 4.26. The number of aryl methyl sites for hydroxylation is 1. The fraction of sp³-hybridized carbons (Fsp3) is 0.200. The topological polar surface area (TPSA) is 80.5 Å². The van der Waals surface area contributed by atoms with Crippen LogP contribution in [0.5, 0.6) is 11.5 Å². The van der Waals surface area contributed by atoms with Gasteiger partial charge < -0.3 is 15.4 Å². The van der Waals surface area contributed by atoms with Crippen LogP contribution in [-0.2, 0) is 0 Å². The Hall–Kier alpha value is -2.90. The van der Waals surface area contributed by atoms with Crippen molar-refractivity contribution in [2.75, 3.05) is 32.2 Å². The number of carbonyl (C=O) groups is 1. The van der Waals surface area contributed by atoms with Crippen molar-refractivity contribution < 1.29 is 9.53 Å². The molecule has 2 aromatic carbocycles. The molecule has 0 saturated heterocycles. The van der Waals surface area contributed by atoms with Crippen LogP contribution in [0.2, 0.25) is 0 Å². The van der Waals surface area contributed by atoms with Crippen LogP contribution in [0.25, 0.3) is 0 Å². The largest absolute Gasteiger partial charge is 0.457 e. The van der Waals surface area contributed by atoms with Crippen molar-refractivity contribution in [2.45, 2.75) is 6.92 Å². The van der Waals surface area contributed by atoms with E-state index in [4.69, 9.17) is 10.5 Å². The van der Waals surface area contributed by atoms with Gasteiger partial charge in [0.25, 0.3) is 5.91 Å². The molecule has 0 aliphatic heterocycles. The molecule has 7 heteroatoms. The standard InChI is InChI=1S/C17H15N3O2S.C3H9N/c1-11-10-23-17(19-11)20-16(21)14-9-13(7-8-15(14)18)22-12-5-3-2-4-6-12;1-4(2)3/h2-10H,18H2,1H3,(H,19,20,21);1-3H3. The van der Waals surface area contributed by atoms with Gasteiger partial charge in [0.05, 0.1) is 11.3 Å². The first-order valence-corrected chi connectivity index (χ1v) is 9.20. The Morgan fingerprint density at radius 3 is 2.37 bits per heavy atom. The average Bonchev–Trinajstić information content (AvgIpc) is 3.02. The number of nitrogens with zero attached hydrogens (tertiary/aromatic N) is 2. The molecule has 0 aliphatic rings. The third kappa shape index (κ3) is 6.73. The number of para-hydroxylation sites is 1. The van der Waals surface area contributed by atoms with Gasteiger partial charge in [-0.05, 0) is 58.4 Å². The van der Waals surface area contributed by atoms with E-state index < -0.39 is 0 Å². The maximum absolute atomic E-state index is 12.4. The van der Waals surface area contributed by atoms with Crippen molar-refractivity contribution in [3.8, 4) is 11.5 Å². The third-order valence-corrected chi connectivity index (χ3v) is 3.96. The number of hydrogen-bond acceptors (Lipinski definition) is 6. The fourth-order valence-electron chi connectivity index (χ4n) is 2.00. The van der Waals surface area contributed by atoms with Gasteiger partial charge in [-0.3, -0.25) is 10.1 Å². The minimum Gasteiger partial charge on any atom is -0.457 e. The zero-order valence-corrected chi connectivity index (χ0v) is 16.7. The van der Waals surface area contributed by atoms with E-state index in [1.54, 1.807) is 18.2 Å². The summed E-state index contributed by atoms with van der Waals surface area (Å²) in [5, 5.41) is 5.16. The molecule has 0 atom stereocenters. The summed E-state index contributed by atoms with van der Waals surface area (Å²) < 4.78 is 5.73. The molecule has 0 radical (unpaired) electrons. The van der Waals surface area contributed by atoms with Crippen LogP contribution < -0.4 is 15.8 Å². The van der Waals surface area contributed by atoms with E-state index in [1.165, 1.54) is 11.3 Å². The summed E-state index contributed by atoms with van der Waals surface area (Å²) in [6, 6.07) is 14.4. The Labute approximate surface area is 163 Å². The van der Waals surface area contributed by atoms with Gasteiger partial charge in [-0.1, -0.05) is 18.2 Å². The Bertz CT molecular complexity index is 876. The molecule has 3 aromatic rings. The highest BCUT2D eigenvalue weighted by Crippen LogP contribution is 2.26. The SMILES string of the molecule is CN(C)C.Cc1csc(NC(=O)c2cc(Oc3ccccc3)ccc2N)n1. The number of nitrogens with two attached hydrogens (primary N) is 1. The lowest BCUT2D eigenvalue weighted by Gasteiger charge is -2.09. The molecule has 0 unspecified atom stereocenters. The van der Waals surface area contributed by atoms with Gasteiger partial charge >= 0.3 is 0 Å². The summed E-state index contributed by atoms with van der Waals surface area (Å²) >= 11 is 1.37. The molecule has 1 aromatic heterocycles. The molecule has 1 heterocycles. The fourth-order valence-corrected chi connectivity index (χ4v) is 2.68. The van der Waals surface area contributed by atoms with Crippen molar-refractivity contribution in [1.82, 2.24) is 9.88 Å². The Morgan fingerprint density at radius 1 is 1.11 bits per heavy atom. The molecule has 27 heavy (non-hydrogen) atoms. The minimum absolute atomic E-state index is 0.310. The van der Waals surface area contributed by atoms with E-state index in [-0.39, 0.29) is 5.91 Å². The summed E-state index contributed by atoms with van der Waals surface area (Å²) in [4.78, 5) is 18.6. The molecule has 0 saturated carbocycles. The molecule has 3 rings (SSSR count). The number of anilines is 2. The van der Waals surface area contributed by atoms with Crippen LogP contribution in [0, 0.1) is 6.92 Å². The van der Waals surface area contributed by atoms with E-state index in [1.807, 2.05) is 68.7 Å². The quantitative estimate of drug-likeness (QED) is 0.657. The van der Waals surface area contributed by atoms with E-state index in [0.29, 0.717) is 27.9 Å². The molecular weight excluding hydrogens is 360 g/mol. The molecule has 0 bridgehead atoms. The molecule has 142 valence electrons. The second kappa shape index (κ2) is 9.70. The van der Waals surface area contributed by atoms with Crippen LogP contribution in [0.4, 0.5) is 10.8 Å². The summed E-state index contributed by atoms with van der Waals surface area (Å²) in [6.45, 7) is 1.87. The first-order valence-electron chi connectivity index (χ1n) is 8.32. The van der Waals surface area contributed by atoms with Crippen LogP contribution in [0.3, 0.4) is 0 Å². The number of hydrogen-bond donors (Lipinski definition) is 2. The summed E-state index contributed by atoms with van der Waals surface area (Å²) in [5.74, 6) is 0.931. The maximum Gasteiger partial charge on any atom is 0.259 e. The zero-order valence-electron chi connectivity index (χ0n) is 15.9. The van der Waals surface area contributed by atoms with Crippen molar-refractivity contribution in [2.24, 2.45) is 0 Å². The number of nitrogen functional groups attached to an aromatic ring is 1.